The predicted octanol–water partition coefficient (Wildman–Crippen LogP) is 3.22. The van der Waals surface area contributed by atoms with Crippen LogP contribution in [0.4, 0.5) is 5.69 Å². The number of thioether (sulfide) groups is 1. The first-order valence-electron chi connectivity index (χ1n) is 10.0. The minimum absolute atomic E-state index is 0.0819. The van der Waals surface area contributed by atoms with E-state index in [4.69, 9.17) is 0 Å². The Bertz CT molecular complexity index is 1230. The van der Waals surface area contributed by atoms with Crippen LogP contribution in [0.1, 0.15) is 5.56 Å². The lowest BCUT2D eigenvalue weighted by Crippen LogP contribution is -2.29. The second kappa shape index (κ2) is 10.1. The minimum Gasteiger partial charge on any atom is -0.340 e. The zero-order valence-electron chi connectivity index (χ0n) is 17.5. The van der Waals surface area contributed by atoms with Crippen LogP contribution in [0.2, 0.25) is 0 Å². The van der Waals surface area contributed by atoms with Gasteiger partial charge in [-0.1, -0.05) is 24.3 Å². The summed E-state index contributed by atoms with van der Waals surface area (Å²) in [6, 6.07) is 15.5. The van der Waals surface area contributed by atoms with Crippen molar-refractivity contribution in [1.82, 2.24) is 24.6 Å². The van der Waals surface area contributed by atoms with Crippen LogP contribution < -0.4 is 5.32 Å². The fourth-order valence-electron chi connectivity index (χ4n) is 3.11. The topological polar surface area (TPSA) is 93.0 Å². The zero-order chi connectivity index (χ0) is 22.3. The van der Waals surface area contributed by atoms with Crippen molar-refractivity contribution in [3.63, 3.8) is 0 Å². The standard InChI is InChI=1S/C23H22N6O2S/c1-28(13-17-7-8-20-21(11-17)25-10-9-24-20)23(31)15-29-14-18(12-26-29)27-22(30)16-32-19-5-3-2-4-6-19/h2-12,14H,13,15-16H2,1H3,(H,27,30). The largest absolute Gasteiger partial charge is 0.340 e. The third-order valence-corrected chi connectivity index (χ3v) is 5.72. The second-order valence-electron chi connectivity index (χ2n) is 7.21. The maximum absolute atomic E-state index is 12.6. The Labute approximate surface area is 189 Å². The molecule has 0 saturated heterocycles. The molecule has 0 spiro atoms. The number of nitrogens with zero attached hydrogens (tertiary/aromatic N) is 5. The van der Waals surface area contributed by atoms with E-state index < -0.39 is 0 Å². The van der Waals surface area contributed by atoms with Gasteiger partial charge in [0.05, 0.1) is 28.7 Å². The number of nitrogens with one attached hydrogen (secondary N) is 1. The van der Waals surface area contributed by atoms with Crippen molar-refractivity contribution in [2.45, 2.75) is 18.0 Å². The Balaban J connectivity index is 1.28. The molecule has 0 aliphatic carbocycles. The normalized spacial score (nSPS) is 10.8. The van der Waals surface area contributed by atoms with Crippen molar-refractivity contribution in [2.75, 3.05) is 18.1 Å². The molecule has 0 aliphatic heterocycles. The van der Waals surface area contributed by atoms with Gasteiger partial charge in [0.1, 0.15) is 6.54 Å². The molecule has 0 fully saturated rings. The van der Waals surface area contributed by atoms with Gasteiger partial charge in [0, 0.05) is 37.1 Å². The smallest absolute Gasteiger partial charge is 0.244 e. The number of rotatable bonds is 8. The van der Waals surface area contributed by atoms with Crippen molar-refractivity contribution in [1.29, 1.82) is 0 Å². The molecular formula is C23H22N6O2S. The van der Waals surface area contributed by atoms with E-state index in [2.05, 4.69) is 20.4 Å². The van der Waals surface area contributed by atoms with Crippen molar-refractivity contribution in [3.8, 4) is 0 Å². The van der Waals surface area contributed by atoms with Gasteiger partial charge in [-0.25, -0.2) is 0 Å². The molecule has 0 unspecified atom stereocenters. The van der Waals surface area contributed by atoms with Crippen LogP contribution in [-0.2, 0) is 22.7 Å². The van der Waals surface area contributed by atoms with Gasteiger partial charge in [-0.15, -0.1) is 11.8 Å². The molecule has 2 amide bonds. The lowest BCUT2D eigenvalue weighted by atomic mass is 10.2. The third-order valence-electron chi connectivity index (χ3n) is 4.71. The first-order valence-corrected chi connectivity index (χ1v) is 11.0. The molecule has 32 heavy (non-hydrogen) atoms. The summed E-state index contributed by atoms with van der Waals surface area (Å²) in [6.07, 6.45) is 6.50. The number of benzene rings is 2. The van der Waals surface area contributed by atoms with Crippen molar-refractivity contribution in [3.05, 3.63) is 78.9 Å². The highest BCUT2D eigenvalue weighted by Gasteiger charge is 2.12. The molecule has 9 heteroatoms. The first-order chi connectivity index (χ1) is 15.6. The number of anilines is 1. The fraction of sp³-hybridized carbons (Fsp3) is 0.174. The summed E-state index contributed by atoms with van der Waals surface area (Å²) >= 11 is 1.46. The lowest BCUT2D eigenvalue weighted by molar-refractivity contribution is -0.131. The summed E-state index contributed by atoms with van der Waals surface area (Å²) in [7, 11) is 1.75. The number of amides is 2. The Morgan fingerprint density at radius 2 is 1.84 bits per heavy atom. The highest BCUT2D eigenvalue weighted by molar-refractivity contribution is 8.00. The molecule has 0 radical (unpaired) electrons. The van der Waals surface area contributed by atoms with Crippen LogP contribution in [0, 0.1) is 0 Å². The molecule has 2 aromatic carbocycles. The number of likely N-dealkylation sites (N-methyl/N-ethyl adjacent to an activating group) is 1. The van der Waals surface area contributed by atoms with Crippen LogP contribution in [0.25, 0.3) is 11.0 Å². The maximum Gasteiger partial charge on any atom is 0.244 e. The van der Waals surface area contributed by atoms with Crippen molar-refractivity contribution < 1.29 is 9.59 Å². The van der Waals surface area contributed by atoms with Crippen LogP contribution in [0.15, 0.2) is 78.2 Å². The molecule has 2 heterocycles. The predicted molar refractivity (Wildman–Crippen MR) is 124 cm³/mol. The average molecular weight is 447 g/mol. The van der Waals surface area contributed by atoms with E-state index in [0.29, 0.717) is 18.0 Å². The molecule has 4 aromatic rings. The minimum atomic E-state index is -0.124. The van der Waals surface area contributed by atoms with E-state index >= 15 is 0 Å². The van der Waals surface area contributed by atoms with E-state index in [-0.39, 0.29) is 18.4 Å². The first kappa shape index (κ1) is 21.5. The van der Waals surface area contributed by atoms with Gasteiger partial charge in [0.25, 0.3) is 0 Å². The summed E-state index contributed by atoms with van der Waals surface area (Å²) in [5.41, 5.74) is 3.15. The molecule has 1 N–H and O–H groups in total. The van der Waals surface area contributed by atoms with E-state index in [9.17, 15) is 9.59 Å². The average Bonchev–Trinajstić information content (AvgIpc) is 3.24. The molecule has 0 saturated carbocycles. The Morgan fingerprint density at radius 3 is 2.66 bits per heavy atom. The highest BCUT2D eigenvalue weighted by atomic mass is 32.2. The fourth-order valence-corrected chi connectivity index (χ4v) is 3.83. The van der Waals surface area contributed by atoms with Gasteiger partial charge in [-0.3, -0.25) is 24.2 Å². The Morgan fingerprint density at radius 1 is 1.06 bits per heavy atom. The number of fused-ring (bicyclic) bond motifs is 1. The molecule has 4 rings (SSSR count). The van der Waals surface area contributed by atoms with Crippen LogP contribution in [0.3, 0.4) is 0 Å². The van der Waals surface area contributed by atoms with Gasteiger partial charge in [-0.2, -0.15) is 5.10 Å². The Hall–Kier alpha value is -3.72. The Kier molecular flexibility index (Phi) is 6.76. The van der Waals surface area contributed by atoms with Gasteiger partial charge in [0.2, 0.25) is 11.8 Å². The zero-order valence-corrected chi connectivity index (χ0v) is 18.3. The SMILES string of the molecule is CN(Cc1ccc2nccnc2c1)C(=O)Cn1cc(NC(=O)CSc2ccccc2)cn1. The number of aromatic nitrogens is 4. The van der Waals surface area contributed by atoms with E-state index in [1.807, 2.05) is 48.5 Å². The summed E-state index contributed by atoms with van der Waals surface area (Å²) in [5.74, 6) is 0.0820. The highest BCUT2D eigenvalue weighted by Crippen LogP contribution is 2.17. The van der Waals surface area contributed by atoms with Crippen molar-refractivity contribution >= 4 is 40.3 Å². The molecule has 8 nitrogen and oxygen atoms in total. The van der Waals surface area contributed by atoms with E-state index in [0.717, 1.165) is 21.5 Å². The number of hydrogen-bond donors (Lipinski definition) is 1. The van der Waals surface area contributed by atoms with Crippen LogP contribution in [-0.4, -0.2) is 49.3 Å². The molecule has 0 aliphatic rings. The van der Waals surface area contributed by atoms with Gasteiger partial charge in [0.15, 0.2) is 0 Å². The quantitative estimate of drug-likeness (QED) is 0.418. The molecule has 0 bridgehead atoms. The van der Waals surface area contributed by atoms with Gasteiger partial charge < -0.3 is 10.2 Å². The van der Waals surface area contributed by atoms with E-state index in [1.165, 1.54) is 16.4 Å². The molecular weight excluding hydrogens is 424 g/mol. The van der Waals surface area contributed by atoms with E-state index in [1.54, 1.807) is 36.7 Å². The van der Waals surface area contributed by atoms with Crippen molar-refractivity contribution in [2.24, 2.45) is 0 Å². The molecule has 0 atom stereocenters. The summed E-state index contributed by atoms with van der Waals surface area (Å²) in [6.45, 7) is 0.533. The third kappa shape index (κ3) is 5.70. The summed E-state index contributed by atoms with van der Waals surface area (Å²) < 4.78 is 1.52. The number of carbonyl (C=O) groups is 2. The number of hydrogen-bond acceptors (Lipinski definition) is 6. The summed E-state index contributed by atoms with van der Waals surface area (Å²) in [5, 5.41) is 7.00. The summed E-state index contributed by atoms with van der Waals surface area (Å²) in [4.78, 5) is 36.0. The lowest BCUT2D eigenvalue weighted by Gasteiger charge is -2.17. The molecule has 162 valence electrons. The van der Waals surface area contributed by atoms with Crippen LogP contribution in [0.5, 0.6) is 0 Å². The maximum atomic E-state index is 12.6. The molecule has 2 aromatic heterocycles. The number of carbonyl (C=O) groups excluding carboxylic acids is 2. The van der Waals surface area contributed by atoms with Crippen LogP contribution >= 0.6 is 11.8 Å². The van der Waals surface area contributed by atoms with Gasteiger partial charge in [-0.05, 0) is 29.8 Å². The van der Waals surface area contributed by atoms with Gasteiger partial charge >= 0.3 is 0 Å². The monoisotopic (exact) mass is 446 g/mol. The second-order valence-corrected chi connectivity index (χ2v) is 8.25.